The summed E-state index contributed by atoms with van der Waals surface area (Å²) in [6.45, 7) is 3.27. The molecule has 0 unspecified atom stereocenters. The van der Waals surface area contributed by atoms with Gasteiger partial charge in [-0.05, 0) is 32.0 Å². The molecule has 0 aliphatic heterocycles. The van der Waals surface area contributed by atoms with Gasteiger partial charge in [0.05, 0.1) is 13.7 Å². The van der Waals surface area contributed by atoms with E-state index in [4.69, 9.17) is 14.9 Å². The molecule has 5 nitrogen and oxygen atoms in total. The first-order valence-corrected chi connectivity index (χ1v) is 5.46. The number of benzene rings is 1. The minimum atomic E-state index is -0.739. The predicted octanol–water partition coefficient (Wildman–Crippen LogP) is 1.83. The van der Waals surface area contributed by atoms with Crippen molar-refractivity contribution in [1.82, 2.24) is 0 Å². The van der Waals surface area contributed by atoms with Crippen LogP contribution < -0.4 is 4.74 Å². The molecule has 1 N–H and O–H groups in total. The second kappa shape index (κ2) is 5.95. The Kier molecular flexibility index (Phi) is 4.59. The Labute approximate surface area is 105 Å². The molecule has 0 amide bonds. The standard InChI is InChI=1S/C13H15NO4/c1-4-18-13(16)12(14)10-7-9(8(2)15)5-6-11(10)17-3/h5-7,14H,4H2,1-3H3. The van der Waals surface area contributed by atoms with E-state index >= 15 is 0 Å². The Morgan fingerprint density at radius 2 is 2.00 bits per heavy atom. The lowest BCUT2D eigenvalue weighted by Gasteiger charge is -2.10. The van der Waals surface area contributed by atoms with Crippen molar-refractivity contribution >= 4 is 17.5 Å². The molecule has 0 heterocycles. The molecule has 0 radical (unpaired) electrons. The summed E-state index contributed by atoms with van der Waals surface area (Å²) in [5, 5.41) is 7.75. The van der Waals surface area contributed by atoms with Gasteiger partial charge in [-0.15, -0.1) is 0 Å². The summed E-state index contributed by atoms with van der Waals surface area (Å²) >= 11 is 0. The van der Waals surface area contributed by atoms with Gasteiger partial charge in [0.2, 0.25) is 0 Å². The first-order chi connectivity index (χ1) is 8.51. The number of esters is 1. The topological polar surface area (TPSA) is 76.5 Å². The van der Waals surface area contributed by atoms with Crippen molar-refractivity contribution < 1.29 is 19.1 Å². The van der Waals surface area contributed by atoms with Gasteiger partial charge in [0.1, 0.15) is 5.75 Å². The molecule has 0 saturated heterocycles. The molecule has 1 aromatic rings. The molecule has 1 aromatic carbocycles. The Hall–Kier alpha value is -2.17. The number of hydrogen-bond acceptors (Lipinski definition) is 5. The number of carbonyl (C=O) groups is 2. The normalized spacial score (nSPS) is 9.72. The maximum atomic E-state index is 11.5. The van der Waals surface area contributed by atoms with E-state index in [1.54, 1.807) is 19.1 Å². The lowest BCUT2D eigenvalue weighted by Crippen LogP contribution is -2.18. The third kappa shape index (κ3) is 2.94. The van der Waals surface area contributed by atoms with Gasteiger partial charge in [-0.2, -0.15) is 0 Å². The van der Waals surface area contributed by atoms with Crippen LogP contribution in [-0.2, 0) is 9.53 Å². The molecule has 1 rings (SSSR count). The number of rotatable bonds is 5. The Balaban J connectivity index is 3.19. The van der Waals surface area contributed by atoms with E-state index in [9.17, 15) is 9.59 Å². The lowest BCUT2D eigenvalue weighted by atomic mass is 10.0. The molecule has 5 heteroatoms. The average molecular weight is 249 g/mol. The molecule has 0 saturated carbocycles. The van der Waals surface area contributed by atoms with Crippen LogP contribution in [0.2, 0.25) is 0 Å². The highest BCUT2D eigenvalue weighted by atomic mass is 16.5. The van der Waals surface area contributed by atoms with Crippen molar-refractivity contribution in [2.24, 2.45) is 0 Å². The van der Waals surface area contributed by atoms with Crippen LogP contribution in [0.1, 0.15) is 29.8 Å². The number of ether oxygens (including phenoxy) is 2. The summed E-state index contributed by atoms with van der Waals surface area (Å²) in [7, 11) is 1.44. The molecule has 18 heavy (non-hydrogen) atoms. The van der Waals surface area contributed by atoms with Gasteiger partial charge in [0.25, 0.3) is 0 Å². The SMILES string of the molecule is CCOC(=O)C(=N)c1cc(C(C)=O)ccc1OC. The number of hydrogen-bond donors (Lipinski definition) is 1. The number of Topliss-reactive ketones (excluding diaryl/α,β-unsaturated/α-hetero) is 1. The second-order valence-corrected chi connectivity index (χ2v) is 3.57. The first kappa shape index (κ1) is 13.9. The van der Waals surface area contributed by atoms with Gasteiger partial charge in [-0.3, -0.25) is 10.2 Å². The predicted molar refractivity (Wildman–Crippen MR) is 66.5 cm³/mol. The molecular formula is C13H15NO4. The number of carbonyl (C=O) groups excluding carboxylic acids is 2. The third-order valence-corrected chi connectivity index (χ3v) is 2.35. The van der Waals surface area contributed by atoms with E-state index in [-0.39, 0.29) is 23.7 Å². The highest BCUT2D eigenvalue weighted by Gasteiger charge is 2.18. The third-order valence-electron chi connectivity index (χ3n) is 2.35. The van der Waals surface area contributed by atoms with Crippen LogP contribution in [0.25, 0.3) is 0 Å². The monoisotopic (exact) mass is 249 g/mol. The fraction of sp³-hybridized carbons (Fsp3) is 0.308. The van der Waals surface area contributed by atoms with Crippen LogP contribution in [0.4, 0.5) is 0 Å². The van der Waals surface area contributed by atoms with E-state index in [2.05, 4.69) is 0 Å². The van der Waals surface area contributed by atoms with E-state index in [1.165, 1.54) is 20.1 Å². The highest BCUT2D eigenvalue weighted by molar-refractivity contribution is 6.42. The summed E-state index contributed by atoms with van der Waals surface area (Å²) < 4.78 is 9.82. The quantitative estimate of drug-likeness (QED) is 0.490. The van der Waals surface area contributed by atoms with Crippen LogP contribution >= 0.6 is 0 Å². The van der Waals surface area contributed by atoms with Gasteiger partial charge >= 0.3 is 5.97 Å². The first-order valence-electron chi connectivity index (χ1n) is 5.46. The zero-order valence-electron chi connectivity index (χ0n) is 10.6. The minimum Gasteiger partial charge on any atom is -0.496 e. The summed E-state index contributed by atoms with van der Waals surface area (Å²) in [5.41, 5.74) is 0.347. The average Bonchev–Trinajstić information content (AvgIpc) is 2.37. The Morgan fingerprint density at radius 1 is 1.33 bits per heavy atom. The highest BCUT2D eigenvalue weighted by Crippen LogP contribution is 2.21. The molecule has 96 valence electrons. The van der Waals surface area contributed by atoms with Gasteiger partial charge in [0.15, 0.2) is 11.5 Å². The van der Waals surface area contributed by atoms with Gasteiger partial charge in [-0.25, -0.2) is 4.79 Å². The van der Waals surface area contributed by atoms with E-state index < -0.39 is 5.97 Å². The number of ketones is 1. The van der Waals surface area contributed by atoms with Crippen LogP contribution in [0.5, 0.6) is 5.75 Å². The molecule has 0 fully saturated rings. The Morgan fingerprint density at radius 3 is 2.50 bits per heavy atom. The van der Waals surface area contributed by atoms with Gasteiger partial charge in [-0.1, -0.05) is 0 Å². The molecule has 0 atom stereocenters. The van der Waals surface area contributed by atoms with Crippen molar-refractivity contribution in [2.75, 3.05) is 13.7 Å². The van der Waals surface area contributed by atoms with Crippen LogP contribution in [0, 0.1) is 5.41 Å². The maximum Gasteiger partial charge on any atom is 0.356 e. The fourth-order valence-corrected chi connectivity index (χ4v) is 1.44. The molecule has 0 aromatic heterocycles. The molecule has 0 bridgehead atoms. The molecule has 0 spiro atoms. The number of methoxy groups -OCH3 is 1. The summed E-state index contributed by atoms with van der Waals surface area (Å²) in [6, 6.07) is 4.60. The smallest absolute Gasteiger partial charge is 0.356 e. The van der Waals surface area contributed by atoms with Crippen LogP contribution in [-0.4, -0.2) is 31.2 Å². The lowest BCUT2D eigenvalue weighted by molar-refractivity contribution is -0.135. The van der Waals surface area contributed by atoms with Gasteiger partial charge in [0, 0.05) is 11.1 Å². The van der Waals surface area contributed by atoms with Crippen molar-refractivity contribution in [2.45, 2.75) is 13.8 Å². The molecular weight excluding hydrogens is 234 g/mol. The van der Waals surface area contributed by atoms with Crippen LogP contribution in [0.15, 0.2) is 18.2 Å². The van der Waals surface area contributed by atoms with Crippen molar-refractivity contribution in [3.05, 3.63) is 29.3 Å². The second-order valence-electron chi connectivity index (χ2n) is 3.57. The van der Waals surface area contributed by atoms with Gasteiger partial charge < -0.3 is 9.47 Å². The molecule has 0 aliphatic carbocycles. The maximum absolute atomic E-state index is 11.5. The summed E-state index contributed by atoms with van der Waals surface area (Å²) in [6.07, 6.45) is 0. The van der Waals surface area contributed by atoms with E-state index in [0.717, 1.165) is 0 Å². The van der Waals surface area contributed by atoms with E-state index in [0.29, 0.717) is 11.3 Å². The van der Waals surface area contributed by atoms with Crippen molar-refractivity contribution in [3.63, 3.8) is 0 Å². The fourth-order valence-electron chi connectivity index (χ4n) is 1.44. The van der Waals surface area contributed by atoms with E-state index in [1.807, 2.05) is 0 Å². The Bertz CT molecular complexity index is 494. The largest absolute Gasteiger partial charge is 0.496 e. The minimum absolute atomic E-state index is 0.143. The van der Waals surface area contributed by atoms with Crippen LogP contribution in [0.3, 0.4) is 0 Å². The van der Waals surface area contributed by atoms with Crippen molar-refractivity contribution in [3.8, 4) is 5.75 Å². The molecule has 0 aliphatic rings. The zero-order chi connectivity index (χ0) is 13.7. The zero-order valence-corrected chi connectivity index (χ0v) is 10.6. The summed E-state index contributed by atoms with van der Waals surface area (Å²) in [5.74, 6) is -0.523. The van der Waals surface area contributed by atoms with Crippen molar-refractivity contribution in [1.29, 1.82) is 5.41 Å². The number of nitrogens with one attached hydrogen (secondary N) is 1. The summed E-state index contributed by atoms with van der Waals surface area (Å²) in [4.78, 5) is 22.8.